The van der Waals surface area contributed by atoms with Crippen molar-refractivity contribution in [3.63, 3.8) is 0 Å². The van der Waals surface area contributed by atoms with Crippen molar-refractivity contribution in [1.29, 1.82) is 0 Å². The molecule has 0 saturated carbocycles. The van der Waals surface area contributed by atoms with E-state index in [2.05, 4.69) is 19.6 Å². The third-order valence-electron chi connectivity index (χ3n) is 3.49. The Morgan fingerprint density at radius 1 is 1.50 bits per heavy atom. The fourth-order valence-electron chi connectivity index (χ4n) is 2.41. The van der Waals surface area contributed by atoms with Crippen LogP contribution in [-0.2, 0) is 9.59 Å². The zero-order valence-electron chi connectivity index (χ0n) is 11.0. The Hall–Kier alpha value is -0.710. The number of rotatable bonds is 8. The first-order valence-corrected chi connectivity index (χ1v) is 7.36. The Labute approximate surface area is 114 Å². The molecule has 1 amide bonds. The molecule has 0 bridgehead atoms. The Bertz CT molecular complexity index is 296. The highest BCUT2D eigenvalue weighted by molar-refractivity contribution is 7.80. The predicted octanol–water partition coefficient (Wildman–Crippen LogP) is 2.19. The molecule has 104 valence electrons. The Morgan fingerprint density at radius 3 is 2.72 bits per heavy atom. The molecule has 1 heterocycles. The number of carboxylic acids is 1. The SMILES string of the molecule is CCCCCCC(C(=O)O)N1CC(CS)CC1=O. The number of hydrogen-bond acceptors (Lipinski definition) is 3. The summed E-state index contributed by atoms with van der Waals surface area (Å²) in [6, 6.07) is -0.640. The number of amides is 1. The van der Waals surface area contributed by atoms with Gasteiger partial charge in [-0.05, 0) is 18.1 Å². The standard InChI is InChI=1S/C13H23NO3S/c1-2-3-4-5-6-11(13(16)17)14-8-10(9-18)7-12(14)15/h10-11,18H,2-9H2,1H3,(H,16,17). The number of carbonyl (C=O) groups is 2. The van der Waals surface area contributed by atoms with Crippen LogP contribution >= 0.6 is 12.6 Å². The first-order valence-electron chi connectivity index (χ1n) is 6.73. The lowest BCUT2D eigenvalue weighted by atomic mass is 10.1. The van der Waals surface area contributed by atoms with Crippen LogP contribution in [0.25, 0.3) is 0 Å². The largest absolute Gasteiger partial charge is 0.480 e. The number of hydrogen-bond donors (Lipinski definition) is 2. The molecule has 1 saturated heterocycles. The maximum atomic E-state index is 11.8. The van der Waals surface area contributed by atoms with E-state index in [-0.39, 0.29) is 11.8 Å². The number of carboxylic acid groups (broad SMARTS) is 1. The molecule has 1 rings (SSSR count). The smallest absolute Gasteiger partial charge is 0.326 e. The van der Waals surface area contributed by atoms with Gasteiger partial charge in [-0.15, -0.1) is 0 Å². The Kier molecular flexibility index (Phi) is 6.54. The molecule has 0 spiro atoms. The van der Waals surface area contributed by atoms with E-state index in [0.29, 0.717) is 25.1 Å². The van der Waals surface area contributed by atoms with Crippen molar-refractivity contribution in [3.8, 4) is 0 Å². The van der Waals surface area contributed by atoms with Gasteiger partial charge in [-0.25, -0.2) is 4.79 Å². The van der Waals surface area contributed by atoms with Crippen LogP contribution in [0.4, 0.5) is 0 Å². The minimum absolute atomic E-state index is 0.0306. The molecule has 1 fully saturated rings. The van der Waals surface area contributed by atoms with E-state index in [4.69, 9.17) is 0 Å². The summed E-state index contributed by atoms with van der Waals surface area (Å²) in [5.74, 6) is -0.0559. The summed E-state index contributed by atoms with van der Waals surface area (Å²) in [6.45, 7) is 2.67. The normalized spacial score (nSPS) is 21.3. The highest BCUT2D eigenvalue weighted by Crippen LogP contribution is 2.23. The van der Waals surface area contributed by atoms with Crippen molar-refractivity contribution in [1.82, 2.24) is 4.90 Å². The van der Waals surface area contributed by atoms with Crippen LogP contribution < -0.4 is 0 Å². The van der Waals surface area contributed by atoms with Gasteiger partial charge in [-0.1, -0.05) is 32.6 Å². The molecule has 0 aliphatic carbocycles. The molecule has 1 aliphatic rings. The van der Waals surface area contributed by atoms with Crippen LogP contribution in [0.15, 0.2) is 0 Å². The van der Waals surface area contributed by atoms with Gasteiger partial charge < -0.3 is 10.0 Å². The van der Waals surface area contributed by atoms with Crippen LogP contribution in [0.1, 0.15) is 45.4 Å². The maximum absolute atomic E-state index is 11.8. The highest BCUT2D eigenvalue weighted by Gasteiger charge is 2.36. The van der Waals surface area contributed by atoms with E-state index in [9.17, 15) is 14.7 Å². The average molecular weight is 273 g/mol. The molecule has 4 nitrogen and oxygen atoms in total. The summed E-state index contributed by atoms with van der Waals surface area (Å²) in [5, 5.41) is 9.25. The second kappa shape index (κ2) is 7.67. The maximum Gasteiger partial charge on any atom is 0.326 e. The van der Waals surface area contributed by atoms with Crippen LogP contribution in [0.3, 0.4) is 0 Å². The molecule has 0 aromatic carbocycles. The summed E-state index contributed by atoms with van der Waals surface area (Å²) in [7, 11) is 0. The number of carbonyl (C=O) groups excluding carboxylic acids is 1. The van der Waals surface area contributed by atoms with Gasteiger partial charge >= 0.3 is 5.97 Å². The van der Waals surface area contributed by atoms with Crippen molar-refractivity contribution >= 4 is 24.5 Å². The molecule has 1 N–H and O–H groups in total. The zero-order chi connectivity index (χ0) is 13.5. The first-order chi connectivity index (χ1) is 8.60. The fourth-order valence-corrected chi connectivity index (χ4v) is 2.65. The predicted molar refractivity (Wildman–Crippen MR) is 73.9 cm³/mol. The molecule has 2 unspecified atom stereocenters. The van der Waals surface area contributed by atoms with E-state index in [1.165, 1.54) is 4.90 Å². The van der Waals surface area contributed by atoms with Gasteiger partial charge in [0.25, 0.3) is 0 Å². The number of aliphatic carboxylic acids is 1. The summed E-state index contributed by atoms with van der Waals surface area (Å²) in [6.07, 6.45) is 5.18. The third-order valence-corrected chi connectivity index (χ3v) is 4.01. The van der Waals surface area contributed by atoms with Gasteiger partial charge in [0.2, 0.25) is 5.91 Å². The Balaban J connectivity index is 2.51. The lowest BCUT2D eigenvalue weighted by Gasteiger charge is -2.24. The van der Waals surface area contributed by atoms with E-state index < -0.39 is 12.0 Å². The van der Waals surface area contributed by atoms with Crippen molar-refractivity contribution in [2.24, 2.45) is 5.92 Å². The molecular formula is C13H23NO3S. The zero-order valence-corrected chi connectivity index (χ0v) is 11.9. The van der Waals surface area contributed by atoms with Gasteiger partial charge in [-0.2, -0.15) is 12.6 Å². The van der Waals surface area contributed by atoms with Gasteiger partial charge in [0.15, 0.2) is 0 Å². The summed E-state index contributed by atoms with van der Waals surface area (Å²) >= 11 is 4.19. The third kappa shape index (κ3) is 4.19. The van der Waals surface area contributed by atoms with Crippen LogP contribution in [0.2, 0.25) is 0 Å². The van der Waals surface area contributed by atoms with Gasteiger partial charge in [0.05, 0.1) is 0 Å². The fraction of sp³-hybridized carbons (Fsp3) is 0.846. The van der Waals surface area contributed by atoms with Crippen molar-refractivity contribution in [3.05, 3.63) is 0 Å². The summed E-state index contributed by atoms with van der Waals surface area (Å²) in [4.78, 5) is 24.6. The van der Waals surface area contributed by atoms with Crippen LogP contribution in [-0.4, -0.2) is 40.2 Å². The van der Waals surface area contributed by atoms with Gasteiger partial charge in [0.1, 0.15) is 6.04 Å². The lowest BCUT2D eigenvalue weighted by molar-refractivity contribution is -0.148. The van der Waals surface area contributed by atoms with E-state index in [1.54, 1.807) is 0 Å². The number of nitrogens with zero attached hydrogens (tertiary/aromatic N) is 1. The molecule has 2 atom stereocenters. The molecule has 0 aromatic rings. The second-order valence-electron chi connectivity index (χ2n) is 5.00. The van der Waals surface area contributed by atoms with E-state index in [1.807, 2.05) is 0 Å². The van der Waals surface area contributed by atoms with Crippen LogP contribution in [0.5, 0.6) is 0 Å². The summed E-state index contributed by atoms with van der Waals surface area (Å²) < 4.78 is 0. The van der Waals surface area contributed by atoms with Gasteiger partial charge in [-0.3, -0.25) is 4.79 Å². The van der Waals surface area contributed by atoms with Crippen LogP contribution in [0, 0.1) is 5.92 Å². The molecule has 0 radical (unpaired) electrons. The quantitative estimate of drug-likeness (QED) is 0.526. The first kappa shape index (κ1) is 15.3. The van der Waals surface area contributed by atoms with Gasteiger partial charge in [0, 0.05) is 13.0 Å². The van der Waals surface area contributed by atoms with Crippen molar-refractivity contribution in [2.75, 3.05) is 12.3 Å². The number of unbranched alkanes of at least 4 members (excludes halogenated alkanes) is 3. The topological polar surface area (TPSA) is 57.6 Å². The molecule has 18 heavy (non-hydrogen) atoms. The minimum Gasteiger partial charge on any atom is -0.480 e. The second-order valence-corrected chi connectivity index (χ2v) is 5.37. The molecule has 5 heteroatoms. The van der Waals surface area contributed by atoms with Crippen molar-refractivity contribution in [2.45, 2.75) is 51.5 Å². The number of likely N-dealkylation sites (tertiary alicyclic amines) is 1. The average Bonchev–Trinajstić information content (AvgIpc) is 2.70. The highest BCUT2D eigenvalue weighted by atomic mass is 32.1. The molecule has 0 aromatic heterocycles. The monoisotopic (exact) mass is 273 g/mol. The van der Waals surface area contributed by atoms with E-state index >= 15 is 0 Å². The Morgan fingerprint density at radius 2 is 2.22 bits per heavy atom. The molecular weight excluding hydrogens is 250 g/mol. The summed E-state index contributed by atoms with van der Waals surface area (Å²) in [5.41, 5.74) is 0. The number of thiol groups is 1. The van der Waals surface area contributed by atoms with E-state index in [0.717, 1.165) is 25.7 Å². The van der Waals surface area contributed by atoms with Crippen molar-refractivity contribution < 1.29 is 14.7 Å². The molecule has 1 aliphatic heterocycles. The lowest BCUT2D eigenvalue weighted by Crippen LogP contribution is -2.42. The minimum atomic E-state index is -0.875.